The first kappa shape index (κ1) is 17.7. The number of rotatable bonds is 5. The second-order valence-electron chi connectivity index (χ2n) is 7.14. The van der Waals surface area contributed by atoms with Crippen LogP contribution in [0.1, 0.15) is 32.0 Å². The van der Waals surface area contributed by atoms with Crippen LogP contribution in [-0.4, -0.2) is 32.9 Å². The molecule has 0 aliphatic heterocycles. The fourth-order valence-corrected chi connectivity index (χ4v) is 2.63. The Morgan fingerprint density at radius 2 is 1.96 bits per heavy atom. The van der Waals surface area contributed by atoms with Gasteiger partial charge in [0.15, 0.2) is 0 Å². The second-order valence-corrected chi connectivity index (χ2v) is 7.14. The summed E-state index contributed by atoms with van der Waals surface area (Å²) in [6, 6.07) is 13.3. The van der Waals surface area contributed by atoms with Gasteiger partial charge in [-0.15, -0.1) is 0 Å². The summed E-state index contributed by atoms with van der Waals surface area (Å²) in [5.41, 5.74) is 2.37. The predicted molar refractivity (Wildman–Crippen MR) is 100 cm³/mol. The summed E-state index contributed by atoms with van der Waals surface area (Å²) in [6.07, 6.45) is 2.39. The maximum atomic E-state index is 11.6. The van der Waals surface area contributed by atoms with Gasteiger partial charge in [-0.2, -0.15) is 0 Å². The molecule has 0 amide bonds. The molecule has 6 heteroatoms. The third kappa shape index (κ3) is 3.74. The Morgan fingerprint density at radius 1 is 1.23 bits per heavy atom. The molecule has 0 saturated heterocycles. The lowest BCUT2D eigenvalue weighted by atomic mass is 9.89. The predicted octanol–water partition coefficient (Wildman–Crippen LogP) is 3.83. The van der Waals surface area contributed by atoms with Gasteiger partial charge in [0, 0.05) is 22.6 Å². The number of hydrogen-bond acceptors (Lipinski definition) is 4. The van der Waals surface area contributed by atoms with Crippen molar-refractivity contribution in [3.63, 3.8) is 0 Å². The fraction of sp³-hybridized carbons (Fsp3) is 0.250. The molecule has 0 fully saturated rings. The number of nitrogens with one attached hydrogen (secondary N) is 1. The highest BCUT2D eigenvalue weighted by molar-refractivity contribution is 6.13. The van der Waals surface area contributed by atoms with Crippen LogP contribution in [0, 0.1) is 5.41 Å². The topological polar surface area (TPSA) is 87.6 Å². The second kappa shape index (κ2) is 7.00. The van der Waals surface area contributed by atoms with Crippen molar-refractivity contribution in [2.75, 3.05) is 0 Å². The van der Waals surface area contributed by atoms with Crippen LogP contribution in [0.3, 0.4) is 0 Å². The van der Waals surface area contributed by atoms with Crippen LogP contribution in [0.4, 0.5) is 0 Å². The molecule has 6 nitrogen and oxygen atoms in total. The number of pyridine rings is 1. The molecular weight excluding hydrogens is 330 g/mol. The monoisotopic (exact) mass is 351 g/mol. The summed E-state index contributed by atoms with van der Waals surface area (Å²) in [5, 5.41) is 14.7. The van der Waals surface area contributed by atoms with Crippen molar-refractivity contribution in [1.82, 2.24) is 9.97 Å². The van der Waals surface area contributed by atoms with Gasteiger partial charge >= 0.3 is 5.97 Å². The fourth-order valence-electron chi connectivity index (χ4n) is 2.63. The van der Waals surface area contributed by atoms with Gasteiger partial charge in [0.25, 0.3) is 0 Å². The summed E-state index contributed by atoms with van der Waals surface area (Å²) in [5.74, 6) is -1.05. The van der Waals surface area contributed by atoms with E-state index in [1.807, 2.05) is 42.5 Å². The van der Waals surface area contributed by atoms with Gasteiger partial charge in [-0.05, 0) is 12.1 Å². The Bertz CT molecular complexity index is 907. The molecule has 0 aliphatic rings. The summed E-state index contributed by atoms with van der Waals surface area (Å²) < 4.78 is 0. The molecule has 3 rings (SSSR count). The number of carboxylic acids is 1. The van der Waals surface area contributed by atoms with Crippen molar-refractivity contribution in [3.05, 3.63) is 66.1 Å². The Kier molecular flexibility index (Phi) is 4.75. The van der Waals surface area contributed by atoms with Gasteiger partial charge in [-0.25, -0.2) is 4.79 Å². The number of benzene rings is 1. The molecule has 0 radical (unpaired) electrons. The lowest BCUT2D eigenvalue weighted by Crippen LogP contribution is -2.36. The van der Waals surface area contributed by atoms with E-state index in [0.29, 0.717) is 5.71 Å². The average molecular weight is 351 g/mol. The molecule has 0 saturated carbocycles. The number of oxime groups is 1. The highest BCUT2D eigenvalue weighted by Crippen LogP contribution is 2.24. The van der Waals surface area contributed by atoms with Gasteiger partial charge in [0.05, 0.1) is 17.4 Å². The first-order valence-corrected chi connectivity index (χ1v) is 8.31. The third-order valence-corrected chi connectivity index (χ3v) is 3.99. The van der Waals surface area contributed by atoms with E-state index in [2.05, 4.69) is 15.1 Å². The standard InChI is InChI=1S/C20H21N3O3/c1-20(2,3)18(19(24)25)26-23-17(13-7-5-4-6-8-13)15-11-14-9-10-21-12-16(14)22-15/h4-12,18,22H,1-3H3,(H,24,25). The van der Waals surface area contributed by atoms with Gasteiger partial charge in [0.2, 0.25) is 6.10 Å². The molecule has 1 atom stereocenters. The van der Waals surface area contributed by atoms with Gasteiger partial charge in [-0.1, -0.05) is 56.3 Å². The van der Waals surface area contributed by atoms with Crippen LogP contribution < -0.4 is 0 Å². The van der Waals surface area contributed by atoms with Gasteiger partial charge in [0.1, 0.15) is 5.71 Å². The van der Waals surface area contributed by atoms with Crippen molar-refractivity contribution in [3.8, 4) is 0 Å². The Hall–Kier alpha value is -3.15. The number of aromatic amines is 1. The molecule has 2 heterocycles. The smallest absolute Gasteiger partial charge is 0.348 e. The zero-order valence-corrected chi connectivity index (χ0v) is 14.9. The first-order valence-electron chi connectivity index (χ1n) is 8.31. The average Bonchev–Trinajstić information content (AvgIpc) is 3.01. The quantitative estimate of drug-likeness (QED) is 0.540. The van der Waals surface area contributed by atoms with Crippen LogP contribution in [-0.2, 0) is 9.63 Å². The lowest BCUT2D eigenvalue weighted by Gasteiger charge is -2.24. The normalized spacial score (nSPS) is 13.6. The van der Waals surface area contributed by atoms with E-state index < -0.39 is 17.5 Å². The van der Waals surface area contributed by atoms with Gasteiger partial charge in [-0.3, -0.25) is 4.98 Å². The van der Waals surface area contributed by atoms with Crippen LogP contribution in [0.25, 0.3) is 10.9 Å². The number of nitrogens with zero attached hydrogens (tertiary/aromatic N) is 2. The Balaban J connectivity index is 2.05. The molecule has 1 unspecified atom stereocenters. The number of H-pyrrole nitrogens is 1. The molecule has 134 valence electrons. The van der Waals surface area contributed by atoms with Crippen molar-refractivity contribution in [2.24, 2.45) is 10.6 Å². The van der Waals surface area contributed by atoms with E-state index in [1.165, 1.54) is 0 Å². The van der Waals surface area contributed by atoms with Crippen LogP contribution in [0.15, 0.2) is 60.0 Å². The number of hydrogen-bond donors (Lipinski definition) is 2. The minimum absolute atomic E-state index is 0.539. The zero-order chi connectivity index (χ0) is 18.7. The highest BCUT2D eigenvalue weighted by atomic mass is 16.7. The number of carbonyl (C=O) groups is 1. The maximum absolute atomic E-state index is 11.6. The van der Waals surface area contributed by atoms with Crippen molar-refractivity contribution in [1.29, 1.82) is 0 Å². The Labute approximate surface area is 151 Å². The van der Waals surface area contributed by atoms with E-state index in [9.17, 15) is 9.90 Å². The highest BCUT2D eigenvalue weighted by Gasteiger charge is 2.34. The van der Waals surface area contributed by atoms with E-state index in [0.717, 1.165) is 22.2 Å². The van der Waals surface area contributed by atoms with Gasteiger partial charge < -0.3 is 14.9 Å². The summed E-state index contributed by atoms with van der Waals surface area (Å²) in [7, 11) is 0. The summed E-state index contributed by atoms with van der Waals surface area (Å²) in [4.78, 5) is 24.4. The number of fused-ring (bicyclic) bond motifs is 1. The first-order chi connectivity index (χ1) is 12.4. The Morgan fingerprint density at radius 3 is 2.58 bits per heavy atom. The minimum atomic E-state index is -1.06. The number of aliphatic carboxylic acids is 1. The molecule has 26 heavy (non-hydrogen) atoms. The molecule has 0 bridgehead atoms. The SMILES string of the molecule is CC(C)(C)C(ON=C(c1ccccc1)c1cc2ccncc2[nH]1)C(=O)O. The van der Waals surface area contributed by atoms with E-state index in [1.54, 1.807) is 33.2 Å². The molecule has 0 spiro atoms. The molecule has 0 aliphatic carbocycles. The van der Waals surface area contributed by atoms with Crippen LogP contribution >= 0.6 is 0 Å². The number of aromatic nitrogens is 2. The lowest BCUT2D eigenvalue weighted by molar-refractivity contribution is -0.158. The zero-order valence-electron chi connectivity index (χ0n) is 14.9. The number of carboxylic acid groups (broad SMARTS) is 1. The maximum Gasteiger partial charge on any atom is 0.348 e. The molecule has 1 aromatic carbocycles. The summed E-state index contributed by atoms with van der Waals surface area (Å²) >= 11 is 0. The minimum Gasteiger partial charge on any atom is -0.478 e. The van der Waals surface area contributed by atoms with E-state index in [4.69, 9.17) is 4.84 Å². The third-order valence-electron chi connectivity index (χ3n) is 3.99. The molecule has 2 aromatic heterocycles. The van der Waals surface area contributed by atoms with Crippen molar-refractivity contribution < 1.29 is 14.7 Å². The van der Waals surface area contributed by atoms with Crippen LogP contribution in [0.2, 0.25) is 0 Å². The molecular formula is C20H21N3O3. The van der Waals surface area contributed by atoms with E-state index in [-0.39, 0.29) is 0 Å². The molecule has 2 N–H and O–H groups in total. The largest absolute Gasteiger partial charge is 0.478 e. The summed E-state index contributed by atoms with van der Waals surface area (Å²) in [6.45, 7) is 5.41. The molecule has 3 aromatic rings. The van der Waals surface area contributed by atoms with Crippen molar-refractivity contribution in [2.45, 2.75) is 26.9 Å². The van der Waals surface area contributed by atoms with Crippen molar-refractivity contribution >= 4 is 22.6 Å². The van der Waals surface area contributed by atoms with Crippen LogP contribution in [0.5, 0.6) is 0 Å². The van der Waals surface area contributed by atoms with E-state index >= 15 is 0 Å².